The molecule has 0 aliphatic rings. The van der Waals surface area contributed by atoms with Crippen LogP contribution in [-0.2, 0) is 0 Å². The van der Waals surface area contributed by atoms with E-state index < -0.39 is 0 Å². The van der Waals surface area contributed by atoms with Gasteiger partial charge in [0.2, 0.25) is 0 Å². The Kier molecular flexibility index (Phi) is 9.91. The van der Waals surface area contributed by atoms with Gasteiger partial charge in [0.05, 0.1) is 26.9 Å². The minimum atomic E-state index is -0.269. The molecule has 26 heavy (non-hydrogen) atoms. The van der Waals surface area contributed by atoms with E-state index in [0.717, 1.165) is 28.4 Å². The van der Waals surface area contributed by atoms with Crippen molar-refractivity contribution in [1.82, 2.24) is 0 Å². The summed E-state index contributed by atoms with van der Waals surface area (Å²) >= 11 is 0.250. The Bertz CT molecular complexity index is 650. The highest BCUT2D eigenvalue weighted by molar-refractivity contribution is 7.93. The molecule has 2 aromatic carbocycles. The van der Waals surface area contributed by atoms with Gasteiger partial charge >= 0.3 is 0 Å². The number of hydrogen-bond acceptors (Lipinski definition) is 5. The molecule has 1 atom stereocenters. The molecule has 144 valence electrons. The molecule has 0 saturated carbocycles. The lowest BCUT2D eigenvalue weighted by molar-refractivity contribution is 0.271. The van der Waals surface area contributed by atoms with E-state index in [1.54, 1.807) is 14.2 Å². The summed E-state index contributed by atoms with van der Waals surface area (Å²) in [5.41, 5.74) is 8.32. The molecule has 0 fully saturated rings. The molecule has 1 unspecified atom stereocenters. The highest BCUT2D eigenvalue weighted by atomic mass is 32.2. The van der Waals surface area contributed by atoms with Gasteiger partial charge in [0.15, 0.2) is 0 Å². The zero-order chi connectivity index (χ0) is 19.5. The van der Waals surface area contributed by atoms with Gasteiger partial charge in [-0.25, -0.2) is 0 Å². The van der Waals surface area contributed by atoms with E-state index in [4.69, 9.17) is 19.9 Å². The number of halogens is 1. The summed E-state index contributed by atoms with van der Waals surface area (Å²) in [6.45, 7) is 4.96. The van der Waals surface area contributed by atoms with Crippen LogP contribution in [0.2, 0.25) is 0 Å². The van der Waals surface area contributed by atoms with Crippen LogP contribution in [0.25, 0.3) is 0 Å². The maximum atomic E-state index is 10.2. The van der Waals surface area contributed by atoms with Crippen molar-refractivity contribution < 1.29 is 18.1 Å². The average molecular weight is 382 g/mol. The topological polar surface area (TPSA) is 53.7 Å². The van der Waals surface area contributed by atoms with Crippen LogP contribution in [0.3, 0.4) is 0 Å². The summed E-state index contributed by atoms with van der Waals surface area (Å²) < 4.78 is 26.6. The summed E-state index contributed by atoms with van der Waals surface area (Å²) in [5.74, 6) is 2.82. The van der Waals surface area contributed by atoms with Gasteiger partial charge in [-0.3, -0.25) is 0 Å². The molecule has 6 heteroatoms. The van der Waals surface area contributed by atoms with Crippen LogP contribution in [-0.4, -0.2) is 27.1 Å². The molecule has 0 saturated heterocycles. The Morgan fingerprint density at radius 2 is 1.58 bits per heavy atom. The lowest BCUT2D eigenvalue weighted by Crippen LogP contribution is -2.13. The molecule has 2 rings (SSSR count). The van der Waals surface area contributed by atoms with Crippen LogP contribution >= 0.6 is 12.1 Å². The van der Waals surface area contributed by atoms with Crippen molar-refractivity contribution in [2.45, 2.75) is 19.9 Å². The molecule has 4 nitrogen and oxygen atoms in total. The smallest absolute Gasteiger partial charge is 0.127 e. The summed E-state index contributed by atoms with van der Waals surface area (Å²) in [5, 5.41) is 0. The lowest BCUT2D eigenvalue weighted by Gasteiger charge is -2.17. The van der Waals surface area contributed by atoms with Crippen molar-refractivity contribution in [3.8, 4) is 17.2 Å². The lowest BCUT2D eigenvalue weighted by atomic mass is 9.98. The maximum Gasteiger partial charge on any atom is 0.127 e. The number of methoxy groups -OCH3 is 2. The van der Waals surface area contributed by atoms with Crippen molar-refractivity contribution in [2.24, 2.45) is 11.7 Å². The average Bonchev–Trinajstić information content (AvgIpc) is 2.66. The maximum absolute atomic E-state index is 10.2. The predicted octanol–water partition coefficient (Wildman–Crippen LogP) is 5.02. The van der Waals surface area contributed by atoms with E-state index in [1.807, 2.05) is 42.5 Å². The molecule has 0 aromatic heterocycles. The minimum Gasteiger partial charge on any atom is -0.497 e. The van der Waals surface area contributed by atoms with Gasteiger partial charge in [-0.1, -0.05) is 26.0 Å². The zero-order valence-electron chi connectivity index (χ0n) is 16.0. The summed E-state index contributed by atoms with van der Waals surface area (Å²) in [6, 6.07) is 13.3. The zero-order valence-corrected chi connectivity index (χ0v) is 16.8. The number of benzene rings is 2. The fourth-order valence-electron chi connectivity index (χ4n) is 2.29. The van der Waals surface area contributed by atoms with Gasteiger partial charge in [0.25, 0.3) is 0 Å². The molecule has 0 amide bonds. The molecule has 0 radical (unpaired) electrons. The molecule has 0 spiro atoms. The molecule has 0 heterocycles. The number of nitrogens with two attached hydrogens (primary N) is 1. The molecule has 0 aliphatic heterocycles. The van der Waals surface area contributed by atoms with Gasteiger partial charge in [0.1, 0.15) is 17.2 Å². The van der Waals surface area contributed by atoms with Crippen LogP contribution in [0.5, 0.6) is 17.2 Å². The first kappa shape index (κ1) is 22.1. The highest BCUT2D eigenvalue weighted by Crippen LogP contribution is 2.32. The third kappa shape index (κ3) is 6.77. The largest absolute Gasteiger partial charge is 0.497 e. The fourth-order valence-corrected chi connectivity index (χ4v) is 2.29. The standard InChI is InChI=1S/C19H25NO3.CH3FS/c1-13(2)12-23-15-7-5-14(6-8-15)19(20)17-10-9-16(21-3)11-18(17)22-4;1-3-2/h5-11,13,19H,12,20H2,1-4H3;1H3. The van der Waals surface area contributed by atoms with E-state index in [-0.39, 0.29) is 18.2 Å². The monoisotopic (exact) mass is 381 g/mol. The second kappa shape index (κ2) is 11.6. The normalized spacial score (nSPS) is 11.4. The molecular weight excluding hydrogens is 353 g/mol. The summed E-state index contributed by atoms with van der Waals surface area (Å²) in [4.78, 5) is 0. The Morgan fingerprint density at radius 1 is 1.00 bits per heavy atom. The molecule has 2 N–H and O–H groups in total. The van der Waals surface area contributed by atoms with Crippen LogP contribution in [0.4, 0.5) is 3.89 Å². The first-order valence-corrected chi connectivity index (χ1v) is 9.44. The van der Waals surface area contributed by atoms with E-state index in [1.165, 1.54) is 6.26 Å². The van der Waals surface area contributed by atoms with Gasteiger partial charge in [-0.2, -0.15) is 3.89 Å². The highest BCUT2D eigenvalue weighted by Gasteiger charge is 2.15. The van der Waals surface area contributed by atoms with Crippen LogP contribution in [0.15, 0.2) is 42.5 Å². The predicted molar refractivity (Wildman–Crippen MR) is 107 cm³/mol. The minimum absolute atomic E-state index is 0.250. The summed E-state index contributed by atoms with van der Waals surface area (Å²) in [7, 11) is 3.26. The van der Waals surface area contributed by atoms with E-state index >= 15 is 0 Å². The van der Waals surface area contributed by atoms with Crippen molar-refractivity contribution in [2.75, 3.05) is 27.1 Å². The second-order valence-corrected chi connectivity index (χ2v) is 6.32. The van der Waals surface area contributed by atoms with Crippen molar-refractivity contribution in [3.05, 3.63) is 53.6 Å². The van der Waals surface area contributed by atoms with Crippen molar-refractivity contribution >= 4 is 12.1 Å². The van der Waals surface area contributed by atoms with Gasteiger partial charge in [-0.05, 0) is 35.7 Å². The Balaban J connectivity index is 0.00000105. The molecule has 2 aromatic rings. The number of rotatable bonds is 7. The Hall–Kier alpha value is -1.92. The number of hydrogen-bond donors (Lipinski definition) is 1. The molecule has 0 aliphatic carbocycles. The van der Waals surface area contributed by atoms with Gasteiger partial charge in [0, 0.05) is 30.0 Å². The van der Waals surface area contributed by atoms with Crippen molar-refractivity contribution in [3.63, 3.8) is 0 Å². The Labute approximate surface area is 160 Å². The van der Waals surface area contributed by atoms with Crippen molar-refractivity contribution in [1.29, 1.82) is 0 Å². The van der Waals surface area contributed by atoms with Crippen LogP contribution < -0.4 is 19.9 Å². The van der Waals surface area contributed by atoms with Gasteiger partial charge < -0.3 is 19.9 Å². The van der Waals surface area contributed by atoms with Gasteiger partial charge in [-0.15, -0.1) is 0 Å². The van der Waals surface area contributed by atoms with E-state index in [0.29, 0.717) is 12.5 Å². The second-order valence-electron chi connectivity index (χ2n) is 6.01. The Morgan fingerprint density at radius 3 is 2.08 bits per heavy atom. The fraction of sp³-hybridized carbons (Fsp3) is 0.400. The van der Waals surface area contributed by atoms with Crippen LogP contribution in [0.1, 0.15) is 31.0 Å². The third-order valence-corrected chi connectivity index (χ3v) is 3.60. The quantitative estimate of drug-likeness (QED) is 0.730. The van der Waals surface area contributed by atoms with E-state index in [2.05, 4.69) is 13.8 Å². The van der Waals surface area contributed by atoms with Crippen LogP contribution in [0, 0.1) is 5.92 Å². The number of ether oxygens (including phenoxy) is 3. The SMILES string of the molecule is COc1ccc(C(N)c2ccc(OCC(C)C)cc2)c(OC)c1.CSF. The first-order chi connectivity index (χ1) is 12.5. The molecular formula is C20H28FNO3S. The van der Waals surface area contributed by atoms with E-state index in [9.17, 15) is 3.89 Å². The first-order valence-electron chi connectivity index (χ1n) is 8.31. The molecule has 0 bridgehead atoms. The third-order valence-electron chi connectivity index (χ3n) is 3.60. The summed E-state index contributed by atoms with van der Waals surface area (Å²) in [6.07, 6.45) is 1.38.